The summed E-state index contributed by atoms with van der Waals surface area (Å²) in [5.74, 6) is -0.470. The first-order valence-electron chi connectivity index (χ1n) is 10.0. The van der Waals surface area contributed by atoms with Gasteiger partial charge in [-0.25, -0.2) is 8.42 Å². The number of benzene rings is 2. The Hall–Kier alpha value is -2.98. The largest absolute Gasteiger partial charge is 0.497 e. The number of fused-ring (bicyclic) bond motifs is 1. The van der Waals surface area contributed by atoms with E-state index in [1.54, 1.807) is 23.6 Å². The van der Waals surface area contributed by atoms with Gasteiger partial charge in [-0.3, -0.25) is 9.59 Å². The normalized spacial score (nSPS) is 12.1. The maximum atomic E-state index is 12.5. The molecule has 0 fully saturated rings. The van der Waals surface area contributed by atoms with Gasteiger partial charge in [0, 0.05) is 6.42 Å². The molecule has 1 amide bonds. The zero-order valence-electron chi connectivity index (χ0n) is 17.8. The quantitative estimate of drug-likeness (QED) is 0.440. The number of ether oxygens (including phenoxy) is 2. The Labute approximate surface area is 190 Å². The lowest BCUT2D eigenvalue weighted by atomic mass is 10.3. The third kappa shape index (κ3) is 5.83. The molecule has 0 aliphatic heterocycles. The smallest absolute Gasteiger partial charge is 0.326 e. The van der Waals surface area contributed by atoms with Crippen molar-refractivity contribution in [1.29, 1.82) is 0 Å². The second kappa shape index (κ2) is 10.6. The van der Waals surface area contributed by atoms with Crippen molar-refractivity contribution in [2.75, 3.05) is 19.5 Å². The van der Waals surface area contributed by atoms with Crippen LogP contribution in [0.2, 0.25) is 0 Å². The Kier molecular flexibility index (Phi) is 7.81. The highest BCUT2D eigenvalue weighted by Gasteiger charge is 2.16. The van der Waals surface area contributed by atoms with Crippen LogP contribution in [0.4, 0.5) is 0 Å². The van der Waals surface area contributed by atoms with E-state index in [-0.39, 0.29) is 36.6 Å². The molecule has 0 atom stereocenters. The third-order valence-electron chi connectivity index (χ3n) is 4.62. The van der Waals surface area contributed by atoms with Crippen molar-refractivity contribution in [2.45, 2.75) is 31.2 Å². The number of para-hydroxylation sites is 1. The maximum Gasteiger partial charge on any atom is 0.326 e. The lowest BCUT2D eigenvalue weighted by molar-refractivity contribution is -0.143. The molecular formula is C22H24N2O6S2. The number of sulfone groups is 1. The fraction of sp³-hybridized carbons (Fsp3) is 0.318. The molecule has 8 nitrogen and oxygen atoms in total. The minimum absolute atomic E-state index is 0.0248. The molecule has 3 rings (SSSR count). The van der Waals surface area contributed by atoms with E-state index in [1.165, 1.54) is 30.6 Å². The Balaban J connectivity index is 1.73. The minimum atomic E-state index is -3.52. The molecule has 0 unspecified atom stereocenters. The van der Waals surface area contributed by atoms with E-state index in [4.69, 9.17) is 9.47 Å². The third-order valence-corrected chi connectivity index (χ3v) is 7.50. The Morgan fingerprint density at radius 2 is 1.81 bits per heavy atom. The number of rotatable bonds is 9. The molecule has 0 spiro atoms. The topological polar surface area (TPSA) is 104 Å². The molecule has 10 heteroatoms. The number of aromatic nitrogens is 1. The van der Waals surface area contributed by atoms with Crippen LogP contribution < -0.4 is 9.54 Å². The van der Waals surface area contributed by atoms with E-state index < -0.39 is 21.7 Å². The summed E-state index contributed by atoms with van der Waals surface area (Å²) < 4.78 is 37.6. The number of esters is 1. The van der Waals surface area contributed by atoms with Gasteiger partial charge < -0.3 is 14.0 Å². The molecule has 0 N–H and O–H groups in total. The lowest BCUT2D eigenvalue weighted by Crippen LogP contribution is -2.23. The van der Waals surface area contributed by atoms with Crippen LogP contribution in [0.5, 0.6) is 5.75 Å². The Morgan fingerprint density at radius 3 is 2.50 bits per heavy atom. The number of hydrogen-bond acceptors (Lipinski definition) is 7. The number of hydrogen-bond donors (Lipinski definition) is 0. The zero-order valence-corrected chi connectivity index (χ0v) is 19.4. The summed E-state index contributed by atoms with van der Waals surface area (Å²) in [6.45, 7) is 1.93. The predicted molar refractivity (Wildman–Crippen MR) is 121 cm³/mol. The highest BCUT2D eigenvalue weighted by Crippen LogP contribution is 2.18. The number of methoxy groups -OCH3 is 1. The molecule has 3 aromatic rings. The number of amides is 1. The maximum absolute atomic E-state index is 12.5. The summed E-state index contributed by atoms with van der Waals surface area (Å²) in [4.78, 5) is 29.2. The van der Waals surface area contributed by atoms with E-state index in [0.717, 1.165) is 10.2 Å². The standard InChI is InChI=1S/C22H24N2O6S2/c1-3-30-21(26)15-24-18-7-4-5-8-19(18)31-22(24)23-20(25)9-6-14-32(27,28)17-12-10-16(29-2)11-13-17/h4-5,7-8,10-13H,3,6,9,14-15H2,1-2H3. The first-order valence-corrected chi connectivity index (χ1v) is 12.5. The molecule has 0 saturated heterocycles. The SMILES string of the molecule is CCOC(=O)Cn1c(=NC(=O)CCCS(=O)(=O)c2ccc(OC)cc2)sc2ccccc21. The molecule has 170 valence electrons. The van der Waals surface area contributed by atoms with Gasteiger partial charge >= 0.3 is 5.97 Å². The van der Waals surface area contributed by atoms with Gasteiger partial charge in [-0.15, -0.1) is 0 Å². The lowest BCUT2D eigenvalue weighted by Gasteiger charge is -2.05. The molecule has 0 aliphatic carbocycles. The number of carbonyl (C=O) groups excluding carboxylic acids is 2. The molecule has 1 heterocycles. The minimum Gasteiger partial charge on any atom is -0.497 e. The Morgan fingerprint density at radius 1 is 1.09 bits per heavy atom. The van der Waals surface area contributed by atoms with Gasteiger partial charge in [0.2, 0.25) is 5.91 Å². The summed E-state index contributed by atoms with van der Waals surface area (Å²) >= 11 is 1.29. The average Bonchev–Trinajstić information content (AvgIpc) is 3.10. The van der Waals surface area contributed by atoms with Crippen LogP contribution in [-0.2, 0) is 30.7 Å². The van der Waals surface area contributed by atoms with Crippen LogP contribution in [0.3, 0.4) is 0 Å². The van der Waals surface area contributed by atoms with Crippen LogP contribution in [0, 0.1) is 0 Å². The van der Waals surface area contributed by atoms with Gasteiger partial charge in [-0.2, -0.15) is 4.99 Å². The number of thiazole rings is 1. The first kappa shape index (κ1) is 23.7. The highest BCUT2D eigenvalue weighted by atomic mass is 32.2. The molecule has 0 bridgehead atoms. The van der Waals surface area contributed by atoms with E-state index in [9.17, 15) is 18.0 Å². The molecule has 2 aromatic carbocycles. The number of carbonyl (C=O) groups is 2. The highest BCUT2D eigenvalue weighted by molar-refractivity contribution is 7.91. The van der Waals surface area contributed by atoms with Gasteiger partial charge in [0.1, 0.15) is 12.3 Å². The molecule has 0 saturated carbocycles. The van der Waals surface area contributed by atoms with Crippen molar-refractivity contribution in [2.24, 2.45) is 4.99 Å². The van der Waals surface area contributed by atoms with E-state index >= 15 is 0 Å². The fourth-order valence-electron chi connectivity index (χ4n) is 3.07. The molecule has 0 radical (unpaired) electrons. The predicted octanol–water partition coefficient (Wildman–Crippen LogP) is 2.96. The Bertz CT molecular complexity index is 1270. The van der Waals surface area contributed by atoms with Crippen LogP contribution in [0.1, 0.15) is 19.8 Å². The van der Waals surface area contributed by atoms with Crippen molar-refractivity contribution in [3.8, 4) is 5.75 Å². The number of nitrogens with zero attached hydrogens (tertiary/aromatic N) is 2. The van der Waals surface area contributed by atoms with Crippen molar-refractivity contribution in [3.63, 3.8) is 0 Å². The molecule has 32 heavy (non-hydrogen) atoms. The van der Waals surface area contributed by atoms with E-state index in [0.29, 0.717) is 10.6 Å². The van der Waals surface area contributed by atoms with E-state index in [2.05, 4.69) is 4.99 Å². The first-order chi connectivity index (χ1) is 15.3. The van der Waals surface area contributed by atoms with Gasteiger partial charge in [0.25, 0.3) is 0 Å². The van der Waals surface area contributed by atoms with Crippen molar-refractivity contribution >= 4 is 43.3 Å². The van der Waals surface area contributed by atoms with Gasteiger partial charge in [0.05, 0.1) is 34.6 Å². The van der Waals surface area contributed by atoms with Gasteiger partial charge in [-0.05, 0) is 49.7 Å². The van der Waals surface area contributed by atoms with Gasteiger partial charge in [0.15, 0.2) is 14.6 Å². The van der Waals surface area contributed by atoms with Crippen molar-refractivity contribution in [3.05, 3.63) is 53.3 Å². The molecule has 0 aliphatic rings. The summed E-state index contributed by atoms with van der Waals surface area (Å²) in [5, 5.41) is 0. The van der Waals surface area contributed by atoms with Crippen molar-refractivity contribution in [1.82, 2.24) is 4.57 Å². The average molecular weight is 477 g/mol. The monoisotopic (exact) mass is 476 g/mol. The van der Waals surface area contributed by atoms with Crippen LogP contribution in [0.15, 0.2) is 58.4 Å². The van der Waals surface area contributed by atoms with Crippen LogP contribution in [-0.4, -0.2) is 44.3 Å². The molecular weight excluding hydrogens is 452 g/mol. The van der Waals surface area contributed by atoms with E-state index in [1.807, 2.05) is 24.3 Å². The summed E-state index contributed by atoms with van der Waals surface area (Å²) in [5.41, 5.74) is 0.777. The fourth-order valence-corrected chi connectivity index (χ4v) is 5.43. The summed E-state index contributed by atoms with van der Waals surface area (Å²) in [6, 6.07) is 13.6. The molecule has 1 aromatic heterocycles. The second-order valence-electron chi connectivity index (χ2n) is 6.85. The zero-order chi connectivity index (χ0) is 23.1. The summed E-state index contributed by atoms with van der Waals surface area (Å²) in [6.07, 6.45) is 0.114. The summed E-state index contributed by atoms with van der Waals surface area (Å²) in [7, 11) is -2.01. The van der Waals surface area contributed by atoms with Crippen molar-refractivity contribution < 1.29 is 27.5 Å². The van der Waals surface area contributed by atoms with Crippen LogP contribution in [0.25, 0.3) is 10.2 Å². The van der Waals surface area contributed by atoms with Crippen LogP contribution >= 0.6 is 11.3 Å². The second-order valence-corrected chi connectivity index (χ2v) is 9.97. The van der Waals surface area contributed by atoms with Gasteiger partial charge in [-0.1, -0.05) is 23.5 Å².